The first kappa shape index (κ1) is 21.5. The number of ether oxygens (including phenoxy) is 2. The molecule has 0 N–H and O–H groups in total. The second-order valence-electron chi connectivity index (χ2n) is 7.21. The Hall–Kier alpha value is -2.82. The summed E-state index contributed by atoms with van der Waals surface area (Å²) in [5.41, 5.74) is 2.15. The lowest BCUT2D eigenvalue weighted by atomic mass is 10.0. The molecule has 2 rings (SSSR count). The average molecular weight is 383 g/mol. The Morgan fingerprint density at radius 2 is 1.46 bits per heavy atom. The van der Waals surface area contributed by atoms with Crippen LogP contribution < -0.4 is 4.74 Å². The Bertz CT molecular complexity index is 763. The van der Waals surface area contributed by atoms with Gasteiger partial charge in [0.2, 0.25) is 0 Å². The third-order valence-electron chi connectivity index (χ3n) is 4.31. The minimum atomic E-state index is -0.560. The first-order chi connectivity index (χ1) is 13.4. The summed E-state index contributed by atoms with van der Waals surface area (Å²) in [7, 11) is 0. The van der Waals surface area contributed by atoms with Crippen molar-refractivity contribution < 1.29 is 19.1 Å². The van der Waals surface area contributed by atoms with Crippen LogP contribution in [0.5, 0.6) is 5.75 Å². The van der Waals surface area contributed by atoms with Crippen LogP contribution in [0.1, 0.15) is 38.8 Å². The number of hydrogen-bond donors (Lipinski definition) is 0. The summed E-state index contributed by atoms with van der Waals surface area (Å²) in [6.07, 6.45) is 0.711. The first-order valence-corrected chi connectivity index (χ1v) is 9.60. The van der Waals surface area contributed by atoms with Gasteiger partial charge in [-0.25, -0.2) is 4.79 Å². The van der Waals surface area contributed by atoms with Gasteiger partial charge in [-0.05, 0) is 44.9 Å². The van der Waals surface area contributed by atoms with Crippen molar-refractivity contribution in [2.24, 2.45) is 0 Å². The number of para-hydroxylation sites is 1. The molecule has 0 saturated carbocycles. The summed E-state index contributed by atoms with van der Waals surface area (Å²) >= 11 is 0. The minimum absolute atomic E-state index is 0.0484. The lowest BCUT2D eigenvalue weighted by Crippen LogP contribution is -2.44. The van der Waals surface area contributed by atoms with E-state index < -0.39 is 5.97 Å². The van der Waals surface area contributed by atoms with Gasteiger partial charge in [0.15, 0.2) is 13.2 Å². The Labute approximate surface area is 167 Å². The summed E-state index contributed by atoms with van der Waals surface area (Å²) in [5.74, 6) is -0.126. The zero-order chi connectivity index (χ0) is 20.5. The maximum Gasteiger partial charge on any atom is 0.344 e. The van der Waals surface area contributed by atoms with Crippen LogP contribution >= 0.6 is 0 Å². The fraction of sp³-hybridized carbons (Fsp3) is 0.391. The van der Waals surface area contributed by atoms with Gasteiger partial charge in [0.05, 0.1) is 0 Å². The molecule has 0 atom stereocenters. The second-order valence-corrected chi connectivity index (χ2v) is 7.21. The molecule has 0 aliphatic carbocycles. The van der Waals surface area contributed by atoms with E-state index in [2.05, 4.69) is 0 Å². The minimum Gasteiger partial charge on any atom is -0.482 e. The van der Waals surface area contributed by atoms with E-state index in [1.807, 2.05) is 82.3 Å². The molecule has 0 aliphatic heterocycles. The molecular weight excluding hydrogens is 354 g/mol. The molecular formula is C23H29NO4. The molecule has 0 aliphatic rings. The molecule has 28 heavy (non-hydrogen) atoms. The molecule has 0 fully saturated rings. The maximum atomic E-state index is 12.3. The van der Waals surface area contributed by atoms with E-state index in [1.165, 1.54) is 0 Å². The van der Waals surface area contributed by atoms with Crippen molar-refractivity contribution in [2.75, 3.05) is 13.2 Å². The van der Waals surface area contributed by atoms with Crippen molar-refractivity contribution in [1.82, 2.24) is 4.90 Å². The number of benzene rings is 2. The first-order valence-electron chi connectivity index (χ1n) is 9.60. The maximum absolute atomic E-state index is 12.3. The van der Waals surface area contributed by atoms with E-state index in [-0.39, 0.29) is 31.2 Å². The smallest absolute Gasteiger partial charge is 0.344 e. The van der Waals surface area contributed by atoms with Crippen LogP contribution in [0.2, 0.25) is 0 Å². The molecule has 0 saturated heterocycles. The molecule has 0 bridgehead atoms. The van der Waals surface area contributed by atoms with Gasteiger partial charge in [-0.15, -0.1) is 0 Å². The SMILES string of the molecule is CC(C)N(C(=O)COC(=O)COc1ccccc1Cc1ccccc1)C(C)C. The second kappa shape index (κ2) is 10.5. The van der Waals surface area contributed by atoms with Crippen molar-refractivity contribution in [3.8, 4) is 5.75 Å². The van der Waals surface area contributed by atoms with Gasteiger partial charge in [-0.1, -0.05) is 48.5 Å². The van der Waals surface area contributed by atoms with Gasteiger partial charge in [-0.3, -0.25) is 4.79 Å². The molecule has 2 aromatic rings. The predicted octanol–water partition coefficient (Wildman–Crippen LogP) is 3.84. The fourth-order valence-corrected chi connectivity index (χ4v) is 3.17. The lowest BCUT2D eigenvalue weighted by Gasteiger charge is -2.30. The van der Waals surface area contributed by atoms with Gasteiger partial charge in [-0.2, -0.15) is 0 Å². The Balaban J connectivity index is 1.88. The molecule has 0 heterocycles. The third-order valence-corrected chi connectivity index (χ3v) is 4.31. The lowest BCUT2D eigenvalue weighted by molar-refractivity contribution is -0.155. The number of nitrogens with zero attached hydrogens (tertiary/aromatic N) is 1. The largest absolute Gasteiger partial charge is 0.482 e. The Kier molecular flexibility index (Phi) is 8.05. The van der Waals surface area contributed by atoms with Gasteiger partial charge in [0.25, 0.3) is 5.91 Å². The molecule has 0 radical (unpaired) electrons. The zero-order valence-electron chi connectivity index (χ0n) is 17.1. The standard InChI is InChI=1S/C23H29NO4/c1-17(2)24(18(3)4)22(25)15-28-23(26)16-27-21-13-9-8-12-20(21)14-19-10-6-5-7-11-19/h5-13,17-18H,14-16H2,1-4H3. The van der Waals surface area contributed by atoms with Crippen molar-refractivity contribution in [2.45, 2.75) is 46.2 Å². The van der Waals surface area contributed by atoms with E-state index >= 15 is 0 Å². The average Bonchev–Trinajstić information content (AvgIpc) is 2.66. The fourth-order valence-electron chi connectivity index (χ4n) is 3.17. The summed E-state index contributed by atoms with van der Waals surface area (Å²) < 4.78 is 10.8. The van der Waals surface area contributed by atoms with Crippen LogP contribution in [0.25, 0.3) is 0 Å². The molecule has 150 valence electrons. The highest BCUT2D eigenvalue weighted by Gasteiger charge is 2.21. The van der Waals surface area contributed by atoms with E-state index in [1.54, 1.807) is 4.90 Å². The van der Waals surface area contributed by atoms with Crippen molar-refractivity contribution >= 4 is 11.9 Å². The molecule has 1 amide bonds. The van der Waals surface area contributed by atoms with Crippen LogP contribution in [0.15, 0.2) is 54.6 Å². The van der Waals surface area contributed by atoms with Crippen LogP contribution in [0, 0.1) is 0 Å². The highest BCUT2D eigenvalue weighted by molar-refractivity contribution is 5.81. The van der Waals surface area contributed by atoms with Crippen molar-refractivity contribution in [1.29, 1.82) is 0 Å². The number of amides is 1. The predicted molar refractivity (Wildman–Crippen MR) is 109 cm³/mol. The van der Waals surface area contributed by atoms with Gasteiger partial charge in [0, 0.05) is 18.5 Å². The summed E-state index contributed by atoms with van der Waals surface area (Å²) in [5, 5.41) is 0. The summed E-state index contributed by atoms with van der Waals surface area (Å²) in [6.45, 7) is 7.24. The van der Waals surface area contributed by atoms with Gasteiger partial charge < -0.3 is 14.4 Å². The highest BCUT2D eigenvalue weighted by atomic mass is 16.6. The van der Waals surface area contributed by atoms with Crippen molar-refractivity contribution in [3.63, 3.8) is 0 Å². The third kappa shape index (κ3) is 6.41. The molecule has 5 heteroatoms. The zero-order valence-corrected chi connectivity index (χ0v) is 17.1. The van der Waals surface area contributed by atoms with Crippen LogP contribution in [-0.2, 0) is 20.7 Å². The van der Waals surface area contributed by atoms with Gasteiger partial charge >= 0.3 is 5.97 Å². The quantitative estimate of drug-likeness (QED) is 0.617. The molecule has 0 spiro atoms. The van der Waals surface area contributed by atoms with E-state index in [9.17, 15) is 9.59 Å². The number of esters is 1. The Morgan fingerprint density at radius 3 is 2.11 bits per heavy atom. The normalized spacial score (nSPS) is 10.8. The number of hydrogen-bond acceptors (Lipinski definition) is 4. The van der Waals surface area contributed by atoms with Crippen LogP contribution in [0.4, 0.5) is 0 Å². The monoisotopic (exact) mass is 383 g/mol. The summed E-state index contributed by atoms with van der Waals surface area (Å²) in [6, 6.07) is 17.8. The topological polar surface area (TPSA) is 55.8 Å². The molecule has 2 aromatic carbocycles. The molecule has 5 nitrogen and oxygen atoms in total. The number of carbonyl (C=O) groups is 2. The Morgan fingerprint density at radius 1 is 0.857 bits per heavy atom. The van der Waals surface area contributed by atoms with E-state index in [4.69, 9.17) is 9.47 Å². The molecule has 0 unspecified atom stereocenters. The number of carbonyl (C=O) groups excluding carboxylic acids is 2. The van der Waals surface area contributed by atoms with E-state index in [0.29, 0.717) is 12.2 Å². The van der Waals surface area contributed by atoms with Crippen LogP contribution in [0.3, 0.4) is 0 Å². The highest BCUT2D eigenvalue weighted by Crippen LogP contribution is 2.21. The molecule has 0 aromatic heterocycles. The van der Waals surface area contributed by atoms with Crippen LogP contribution in [-0.4, -0.2) is 42.1 Å². The summed E-state index contributed by atoms with van der Waals surface area (Å²) in [4.78, 5) is 26.0. The number of rotatable bonds is 9. The van der Waals surface area contributed by atoms with Gasteiger partial charge in [0.1, 0.15) is 5.75 Å². The van der Waals surface area contributed by atoms with E-state index in [0.717, 1.165) is 11.1 Å². The van der Waals surface area contributed by atoms with Crippen molar-refractivity contribution in [3.05, 3.63) is 65.7 Å².